The van der Waals surface area contributed by atoms with Crippen molar-refractivity contribution in [2.24, 2.45) is 4.99 Å². The number of halogens is 1. The average molecular weight is 320 g/mol. The van der Waals surface area contributed by atoms with Crippen molar-refractivity contribution in [2.75, 3.05) is 13.1 Å². The van der Waals surface area contributed by atoms with E-state index in [0.29, 0.717) is 4.91 Å². The molecule has 0 unspecified atom stereocenters. The molecule has 2 aliphatic heterocycles. The first-order chi connectivity index (χ1) is 10.5. The zero-order valence-electron chi connectivity index (χ0n) is 12.5. The highest BCUT2D eigenvalue weighted by molar-refractivity contribution is 8.18. The Morgan fingerprint density at radius 1 is 1.27 bits per heavy atom. The van der Waals surface area contributed by atoms with Crippen LogP contribution in [0.3, 0.4) is 0 Å². The van der Waals surface area contributed by atoms with Crippen LogP contribution in [0.1, 0.15) is 19.4 Å². The van der Waals surface area contributed by atoms with Crippen LogP contribution in [0.25, 0.3) is 6.08 Å². The van der Waals surface area contributed by atoms with Crippen molar-refractivity contribution in [3.05, 3.63) is 40.6 Å². The predicted octanol–water partition coefficient (Wildman–Crippen LogP) is 2.91. The van der Waals surface area contributed by atoms with Gasteiger partial charge in [-0.3, -0.25) is 4.79 Å². The van der Waals surface area contributed by atoms with E-state index < -0.39 is 0 Å². The number of carbonyl (C=O) groups excluding carboxylic acids is 1. The number of benzene rings is 1. The van der Waals surface area contributed by atoms with Crippen LogP contribution in [0.15, 0.2) is 34.2 Å². The van der Waals surface area contributed by atoms with Crippen LogP contribution in [0.2, 0.25) is 0 Å². The second-order valence-electron chi connectivity index (χ2n) is 5.52. The lowest BCUT2D eigenvalue weighted by atomic mass is 10.2. The Kier molecular flexibility index (Phi) is 4.31. The molecular weight excluding hydrogens is 303 g/mol. The smallest absolute Gasteiger partial charge is 0.286 e. The molecule has 0 aromatic heterocycles. The zero-order valence-corrected chi connectivity index (χ0v) is 13.3. The first-order valence-corrected chi connectivity index (χ1v) is 8.01. The number of amides is 1. The third-order valence-electron chi connectivity index (χ3n) is 3.47. The maximum Gasteiger partial charge on any atom is 0.286 e. The van der Waals surface area contributed by atoms with Crippen LogP contribution in [0, 0.1) is 5.82 Å². The first-order valence-electron chi connectivity index (χ1n) is 7.20. The van der Waals surface area contributed by atoms with Crippen molar-refractivity contribution in [3.63, 3.8) is 0 Å². The summed E-state index contributed by atoms with van der Waals surface area (Å²) in [6.45, 7) is 5.49. The average Bonchev–Trinajstić information content (AvgIpc) is 2.82. The van der Waals surface area contributed by atoms with Crippen LogP contribution in [-0.2, 0) is 9.53 Å². The number of nitrogens with zero attached hydrogens (tertiary/aromatic N) is 2. The summed E-state index contributed by atoms with van der Waals surface area (Å²) in [5.41, 5.74) is 0.789. The topological polar surface area (TPSA) is 41.9 Å². The molecule has 1 fully saturated rings. The van der Waals surface area contributed by atoms with Crippen molar-refractivity contribution in [3.8, 4) is 0 Å². The first kappa shape index (κ1) is 15.2. The zero-order chi connectivity index (χ0) is 15.7. The Bertz CT molecular complexity index is 632. The molecule has 4 nitrogen and oxygen atoms in total. The van der Waals surface area contributed by atoms with Crippen LogP contribution < -0.4 is 0 Å². The van der Waals surface area contributed by atoms with Gasteiger partial charge in [-0.05, 0) is 49.4 Å². The molecule has 1 amide bonds. The summed E-state index contributed by atoms with van der Waals surface area (Å²) in [5, 5.41) is 0.723. The largest absolute Gasteiger partial charge is 0.372 e. The molecule has 1 saturated heterocycles. The number of thioether (sulfide) groups is 1. The van der Waals surface area contributed by atoms with Gasteiger partial charge in [-0.15, -0.1) is 0 Å². The highest BCUT2D eigenvalue weighted by Gasteiger charge is 2.30. The number of hydrogen-bond donors (Lipinski definition) is 0. The molecular formula is C16H17FN2O2S. The Balaban J connectivity index is 1.74. The van der Waals surface area contributed by atoms with Gasteiger partial charge >= 0.3 is 0 Å². The summed E-state index contributed by atoms with van der Waals surface area (Å²) in [4.78, 5) is 18.9. The third kappa shape index (κ3) is 3.39. The van der Waals surface area contributed by atoms with Crippen molar-refractivity contribution in [1.82, 2.24) is 4.90 Å². The van der Waals surface area contributed by atoms with Gasteiger partial charge < -0.3 is 9.64 Å². The van der Waals surface area contributed by atoms with Gasteiger partial charge in [0.15, 0.2) is 5.17 Å². The van der Waals surface area contributed by atoms with E-state index in [2.05, 4.69) is 9.89 Å². The van der Waals surface area contributed by atoms with E-state index in [4.69, 9.17) is 4.74 Å². The lowest BCUT2D eigenvalue weighted by Crippen LogP contribution is -2.47. The van der Waals surface area contributed by atoms with Gasteiger partial charge in [0.2, 0.25) is 0 Å². The summed E-state index contributed by atoms with van der Waals surface area (Å²) in [6, 6.07) is 6.05. The van der Waals surface area contributed by atoms with E-state index in [1.54, 1.807) is 18.2 Å². The second kappa shape index (κ2) is 6.22. The third-order valence-corrected chi connectivity index (χ3v) is 4.51. The Labute approximate surface area is 133 Å². The summed E-state index contributed by atoms with van der Waals surface area (Å²) < 4.78 is 18.6. The van der Waals surface area contributed by atoms with E-state index in [1.165, 1.54) is 23.9 Å². The number of morpholine rings is 1. The van der Waals surface area contributed by atoms with Crippen molar-refractivity contribution < 1.29 is 13.9 Å². The lowest BCUT2D eigenvalue weighted by molar-refractivity contribution is -0.113. The molecule has 0 saturated carbocycles. The van der Waals surface area contributed by atoms with Crippen LogP contribution >= 0.6 is 11.8 Å². The van der Waals surface area contributed by atoms with Gasteiger partial charge in [-0.1, -0.05) is 12.1 Å². The normalized spacial score (nSPS) is 27.4. The van der Waals surface area contributed by atoms with Gasteiger partial charge in [0.05, 0.1) is 17.1 Å². The van der Waals surface area contributed by atoms with Crippen LogP contribution in [-0.4, -0.2) is 41.3 Å². The molecule has 0 aliphatic carbocycles. The summed E-state index contributed by atoms with van der Waals surface area (Å²) >= 11 is 1.37. The van der Waals surface area contributed by atoms with Crippen LogP contribution in [0.5, 0.6) is 0 Å². The fourth-order valence-electron chi connectivity index (χ4n) is 2.58. The maximum absolute atomic E-state index is 12.9. The highest BCUT2D eigenvalue weighted by Crippen LogP contribution is 2.31. The molecule has 2 atom stereocenters. The summed E-state index contributed by atoms with van der Waals surface area (Å²) in [7, 11) is 0. The monoisotopic (exact) mass is 320 g/mol. The molecule has 0 bridgehead atoms. The van der Waals surface area contributed by atoms with Gasteiger partial charge in [0.25, 0.3) is 5.91 Å². The number of carbonyl (C=O) groups is 1. The molecule has 0 radical (unpaired) electrons. The highest BCUT2D eigenvalue weighted by atomic mass is 32.2. The van der Waals surface area contributed by atoms with Crippen molar-refractivity contribution in [1.29, 1.82) is 0 Å². The minimum atomic E-state index is -0.291. The second-order valence-corrected chi connectivity index (χ2v) is 6.53. The number of aliphatic imine (C=N–C) groups is 1. The van der Waals surface area contributed by atoms with E-state index >= 15 is 0 Å². The molecule has 1 aromatic rings. The fraction of sp³-hybridized carbons (Fsp3) is 0.375. The molecule has 0 N–H and O–H groups in total. The molecule has 3 rings (SSSR count). The van der Waals surface area contributed by atoms with Gasteiger partial charge in [0.1, 0.15) is 5.82 Å². The van der Waals surface area contributed by atoms with E-state index in [-0.39, 0.29) is 23.9 Å². The standard InChI is InChI=1S/C16H17FN2O2S/c1-10-8-19(9-11(2)21-10)16-18-15(20)14(22-16)7-12-3-5-13(17)6-4-12/h3-7,10-11H,8-9H2,1-2H3/b14-7-/t10-,11+. The molecule has 1 aromatic carbocycles. The molecule has 2 heterocycles. The number of amidine groups is 1. The summed E-state index contributed by atoms with van der Waals surface area (Å²) in [6.07, 6.45) is 1.98. The van der Waals surface area contributed by atoms with Gasteiger partial charge in [-0.2, -0.15) is 4.99 Å². The molecule has 22 heavy (non-hydrogen) atoms. The number of hydrogen-bond acceptors (Lipinski definition) is 4. The molecule has 2 aliphatic rings. The lowest BCUT2D eigenvalue weighted by Gasteiger charge is -2.35. The minimum absolute atomic E-state index is 0.118. The number of ether oxygens (including phenoxy) is 1. The quantitative estimate of drug-likeness (QED) is 0.746. The Morgan fingerprint density at radius 3 is 2.55 bits per heavy atom. The maximum atomic E-state index is 12.9. The molecule has 116 valence electrons. The minimum Gasteiger partial charge on any atom is -0.372 e. The fourth-order valence-corrected chi connectivity index (χ4v) is 3.51. The van der Waals surface area contributed by atoms with Crippen molar-refractivity contribution >= 4 is 28.9 Å². The SMILES string of the molecule is C[C@@H]1CN(C2=NC(=O)/C(=C/c3ccc(F)cc3)S2)C[C@H](C)O1. The van der Waals surface area contributed by atoms with Gasteiger partial charge in [-0.25, -0.2) is 4.39 Å². The Hall–Kier alpha value is -1.66. The van der Waals surface area contributed by atoms with Gasteiger partial charge in [0, 0.05) is 13.1 Å². The van der Waals surface area contributed by atoms with Crippen molar-refractivity contribution in [2.45, 2.75) is 26.1 Å². The number of rotatable bonds is 1. The molecule has 6 heteroatoms. The van der Waals surface area contributed by atoms with E-state index in [9.17, 15) is 9.18 Å². The van der Waals surface area contributed by atoms with E-state index in [1.807, 2.05) is 13.8 Å². The summed E-state index contributed by atoms with van der Waals surface area (Å²) in [5.74, 6) is -0.531. The van der Waals surface area contributed by atoms with E-state index in [0.717, 1.165) is 23.8 Å². The van der Waals surface area contributed by atoms with Crippen LogP contribution in [0.4, 0.5) is 4.39 Å². The predicted molar refractivity (Wildman–Crippen MR) is 86.0 cm³/mol. The molecule has 0 spiro atoms. The Morgan fingerprint density at radius 2 is 1.91 bits per heavy atom.